The number of hydrogen-bond donors (Lipinski definition) is 1. The van der Waals surface area contributed by atoms with E-state index < -0.39 is 17.6 Å². The van der Waals surface area contributed by atoms with Crippen molar-refractivity contribution in [2.24, 2.45) is 0 Å². The molecule has 1 aromatic carbocycles. The number of nitrogens with zero attached hydrogens (tertiary/aromatic N) is 2. The van der Waals surface area contributed by atoms with Crippen molar-refractivity contribution in [2.45, 2.75) is 13.1 Å². The predicted octanol–water partition coefficient (Wildman–Crippen LogP) is 3.06. The SMILES string of the molecule is Cc1cc(C(=O)Nc2ccccc2C(F)(F)F)ncn1. The van der Waals surface area contributed by atoms with Crippen molar-refractivity contribution in [2.75, 3.05) is 5.32 Å². The van der Waals surface area contributed by atoms with Crippen LogP contribution in [0.25, 0.3) is 0 Å². The van der Waals surface area contributed by atoms with Crippen molar-refractivity contribution >= 4 is 11.6 Å². The number of nitrogens with one attached hydrogen (secondary N) is 1. The van der Waals surface area contributed by atoms with Crippen LogP contribution in [0.15, 0.2) is 36.7 Å². The molecule has 1 heterocycles. The van der Waals surface area contributed by atoms with Gasteiger partial charge in [-0.15, -0.1) is 0 Å². The first-order chi connectivity index (χ1) is 9.38. The van der Waals surface area contributed by atoms with Gasteiger partial charge in [-0.25, -0.2) is 9.97 Å². The summed E-state index contributed by atoms with van der Waals surface area (Å²) in [5.41, 5.74) is -0.649. The Morgan fingerprint density at radius 2 is 1.90 bits per heavy atom. The molecule has 1 aromatic heterocycles. The number of halogens is 3. The lowest BCUT2D eigenvalue weighted by atomic mass is 10.1. The van der Waals surface area contributed by atoms with Gasteiger partial charge in [-0.1, -0.05) is 12.1 Å². The highest BCUT2D eigenvalue weighted by molar-refractivity contribution is 6.03. The van der Waals surface area contributed by atoms with Crippen molar-refractivity contribution in [3.8, 4) is 0 Å². The zero-order valence-electron chi connectivity index (χ0n) is 10.4. The fourth-order valence-corrected chi connectivity index (χ4v) is 1.60. The Morgan fingerprint density at radius 3 is 2.55 bits per heavy atom. The molecule has 20 heavy (non-hydrogen) atoms. The lowest BCUT2D eigenvalue weighted by Crippen LogP contribution is -2.17. The third-order valence-corrected chi connectivity index (χ3v) is 2.52. The van der Waals surface area contributed by atoms with Crippen molar-refractivity contribution in [3.05, 3.63) is 53.6 Å². The molecule has 0 spiro atoms. The van der Waals surface area contributed by atoms with E-state index in [2.05, 4.69) is 15.3 Å². The zero-order valence-corrected chi connectivity index (χ0v) is 10.4. The maximum Gasteiger partial charge on any atom is 0.418 e. The van der Waals surface area contributed by atoms with Crippen LogP contribution in [0.3, 0.4) is 0 Å². The number of aryl methyl sites for hydroxylation is 1. The van der Waals surface area contributed by atoms with E-state index in [-0.39, 0.29) is 11.4 Å². The normalized spacial score (nSPS) is 11.2. The minimum atomic E-state index is -4.54. The molecule has 0 radical (unpaired) electrons. The monoisotopic (exact) mass is 281 g/mol. The Hall–Kier alpha value is -2.44. The fourth-order valence-electron chi connectivity index (χ4n) is 1.60. The largest absolute Gasteiger partial charge is 0.418 e. The number of aromatic nitrogens is 2. The standard InChI is InChI=1S/C13H10F3N3O/c1-8-6-11(18-7-17-8)12(20)19-10-5-3-2-4-9(10)13(14,15)16/h2-7H,1H3,(H,19,20). The predicted molar refractivity (Wildman–Crippen MR) is 66.2 cm³/mol. The average Bonchev–Trinajstić information content (AvgIpc) is 2.38. The van der Waals surface area contributed by atoms with E-state index in [1.807, 2.05) is 0 Å². The summed E-state index contributed by atoms with van der Waals surface area (Å²) >= 11 is 0. The molecule has 104 valence electrons. The van der Waals surface area contributed by atoms with Crippen molar-refractivity contribution in [1.29, 1.82) is 0 Å². The van der Waals surface area contributed by atoms with Crippen molar-refractivity contribution in [1.82, 2.24) is 9.97 Å². The van der Waals surface area contributed by atoms with Crippen LogP contribution in [0.5, 0.6) is 0 Å². The number of carbonyl (C=O) groups excluding carboxylic acids is 1. The first kappa shape index (κ1) is 14.0. The van der Waals surface area contributed by atoms with E-state index in [1.54, 1.807) is 6.92 Å². The first-order valence-corrected chi connectivity index (χ1v) is 5.64. The van der Waals surface area contributed by atoms with Crippen LogP contribution in [0, 0.1) is 6.92 Å². The number of rotatable bonds is 2. The Kier molecular flexibility index (Phi) is 3.69. The second-order valence-corrected chi connectivity index (χ2v) is 4.04. The third kappa shape index (κ3) is 3.11. The van der Waals surface area contributed by atoms with Gasteiger partial charge in [0, 0.05) is 5.69 Å². The minimum absolute atomic E-state index is 0.00878. The molecular formula is C13H10F3N3O. The van der Waals surface area contributed by atoms with Gasteiger partial charge in [-0.3, -0.25) is 4.79 Å². The quantitative estimate of drug-likeness (QED) is 0.920. The van der Waals surface area contributed by atoms with Gasteiger partial charge < -0.3 is 5.32 Å². The molecular weight excluding hydrogens is 271 g/mol. The van der Waals surface area contributed by atoms with Gasteiger partial charge in [0.15, 0.2) is 0 Å². The van der Waals surface area contributed by atoms with Crippen LogP contribution in [-0.4, -0.2) is 15.9 Å². The van der Waals surface area contributed by atoms with Crippen molar-refractivity contribution in [3.63, 3.8) is 0 Å². The number of benzene rings is 1. The summed E-state index contributed by atoms with van der Waals surface area (Å²) in [5, 5.41) is 2.21. The van der Waals surface area contributed by atoms with Crippen LogP contribution >= 0.6 is 0 Å². The van der Waals surface area contributed by atoms with Gasteiger partial charge in [-0.05, 0) is 25.1 Å². The van der Waals surface area contributed by atoms with E-state index in [1.165, 1.54) is 30.6 Å². The molecule has 0 bridgehead atoms. The lowest BCUT2D eigenvalue weighted by Gasteiger charge is -2.13. The number of para-hydroxylation sites is 1. The molecule has 2 aromatic rings. The molecule has 1 N–H and O–H groups in total. The maximum absolute atomic E-state index is 12.8. The van der Waals surface area contributed by atoms with Gasteiger partial charge in [0.25, 0.3) is 5.91 Å². The van der Waals surface area contributed by atoms with E-state index in [4.69, 9.17) is 0 Å². The summed E-state index contributed by atoms with van der Waals surface area (Å²) in [6.07, 6.45) is -3.36. The number of anilines is 1. The maximum atomic E-state index is 12.8. The summed E-state index contributed by atoms with van der Waals surface area (Å²) in [5.74, 6) is -0.716. The number of amides is 1. The number of carbonyl (C=O) groups is 1. The first-order valence-electron chi connectivity index (χ1n) is 5.64. The molecule has 4 nitrogen and oxygen atoms in total. The van der Waals surface area contributed by atoms with Crippen LogP contribution in [-0.2, 0) is 6.18 Å². The Bertz CT molecular complexity index is 641. The van der Waals surface area contributed by atoms with Crippen LogP contribution < -0.4 is 5.32 Å². The molecule has 0 saturated heterocycles. The molecule has 0 unspecified atom stereocenters. The summed E-state index contributed by atoms with van der Waals surface area (Å²) in [6.45, 7) is 1.65. The van der Waals surface area contributed by atoms with Crippen LogP contribution in [0.2, 0.25) is 0 Å². The molecule has 0 fully saturated rings. The summed E-state index contributed by atoms with van der Waals surface area (Å²) < 4.78 is 38.4. The van der Waals surface area contributed by atoms with Gasteiger partial charge in [0.2, 0.25) is 0 Å². The second kappa shape index (κ2) is 5.28. The van der Waals surface area contributed by atoms with Crippen LogP contribution in [0.1, 0.15) is 21.7 Å². The summed E-state index contributed by atoms with van der Waals surface area (Å²) in [4.78, 5) is 19.4. The molecule has 0 aliphatic carbocycles. The van der Waals surface area contributed by atoms with E-state index in [0.717, 1.165) is 6.07 Å². The van der Waals surface area contributed by atoms with Crippen LogP contribution in [0.4, 0.5) is 18.9 Å². The average molecular weight is 281 g/mol. The third-order valence-electron chi connectivity index (χ3n) is 2.52. The highest BCUT2D eigenvalue weighted by atomic mass is 19.4. The van der Waals surface area contributed by atoms with Gasteiger partial charge in [0.1, 0.15) is 12.0 Å². The van der Waals surface area contributed by atoms with Gasteiger partial charge in [-0.2, -0.15) is 13.2 Å². The minimum Gasteiger partial charge on any atom is -0.320 e. The summed E-state index contributed by atoms with van der Waals surface area (Å²) in [6, 6.07) is 6.16. The van der Waals surface area contributed by atoms with E-state index >= 15 is 0 Å². The second-order valence-electron chi connectivity index (χ2n) is 4.04. The molecule has 2 rings (SSSR count). The topological polar surface area (TPSA) is 54.9 Å². The van der Waals surface area contributed by atoms with Crippen molar-refractivity contribution < 1.29 is 18.0 Å². The Labute approximate surface area is 112 Å². The molecule has 7 heteroatoms. The fraction of sp³-hybridized carbons (Fsp3) is 0.154. The Morgan fingerprint density at radius 1 is 1.20 bits per heavy atom. The number of alkyl halides is 3. The molecule has 0 aliphatic heterocycles. The van der Waals surface area contributed by atoms with E-state index in [0.29, 0.717) is 5.69 Å². The number of hydrogen-bond acceptors (Lipinski definition) is 3. The highest BCUT2D eigenvalue weighted by Gasteiger charge is 2.33. The van der Waals surface area contributed by atoms with Gasteiger partial charge >= 0.3 is 6.18 Å². The van der Waals surface area contributed by atoms with Gasteiger partial charge in [0.05, 0.1) is 11.3 Å². The molecule has 0 aliphatic rings. The molecule has 0 atom stereocenters. The smallest absolute Gasteiger partial charge is 0.320 e. The highest BCUT2D eigenvalue weighted by Crippen LogP contribution is 2.34. The molecule has 0 saturated carbocycles. The Balaban J connectivity index is 2.29. The van der Waals surface area contributed by atoms with E-state index in [9.17, 15) is 18.0 Å². The lowest BCUT2D eigenvalue weighted by molar-refractivity contribution is -0.136. The molecule has 1 amide bonds. The zero-order chi connectivity index (χ0) is 14.8. The summed E-state index contributed by atoms with van der Waals surface area (Å²) in [7, 11) is 0.